The lowest BCUT2D eigenvalue weighted by Crippen LogP contribution is -3.00. The van der Waals surface area contributed by atoms with Crippen molar-refractivity contribution >= 4 is 46.1 Å². The molecule has 1 unspecified atom stereocenters. The Morgan fingerprint density at radius 3 is 2.24 bits per heavy atom. The van der Waals surface area contributed by atoms with Gasteiger partial charge in [-0.3, -0.25) is 24.6 Å². The molecule has 1 heterocycles. The zero-order valence-corrected chi connectivity index (χ0v) is 19.1. The number of nitro benzene ring substituents is 1. The maximum Gasteiger partial charge on any atom is 0.299 e. The summed E-state index contributed by atoms with van der Waals surface area (Å²) >= 11 is 5.92. The Morgan fingerprint density at radius 1 is 1.00 bits per heavy atom. The third kappa shape index (κ3) is 4.16. The van der Waals surface area contributed by atoms with Gasteiger partial charge in [0.25, 0.3) is 11.6 Å². The zero-order chi connectivity index (χ0) is 24.6. The van der Waals surface area contributed by atoms with Gasteiger partial charge < -0.3 is 10.0 Å². The molecular weight excluding hydrogens is 458 g/mol. The molecule has 0 saturated carbocycles. The van der Waals surface area contributed by atoms with E-state index in [2.05, 4.69) is 0 Å². The number of non-ortho nitro benzene ring substituents is 1. The smallest absolute Gasteiger partial charge is 0.299 e. The molecule has 8 nitrogen and oxygen atoms in total. The number of anilines is 1. The van der Waals surface area contributed by atoms with Gasteiger partial charge in [0.15, 0.2) is 0 Å². The van der Waals surface area contributed by atoms with Gasteiger partial charge >= 0.3 is 0 Å². The number of hydrogen-bond donors (Lipinski definition) is 1. The largest absolute Gasteiger partial charge is 0.872 e. The Balaban J connectivity index is 1.93. The van der Waals surface area contributed by atoms with Gasteiger partial charge in [-0.05, 0) is 35.4 Å². The Kier molecular flexibility index (Phi) is 6.19. The molecule has 0 aromatic heterocycles. The molecule has 172 valence electrons. The lowest BCUT2D eigenvalue weighted by atomic mass is 9.95. The predicted molar refractivity (Wildman–Crippen MR) is 126 cm³/mol. The van der Waals surface area contributed by atoms with Crippen LogP contribution in [-0.4, -0.2) is 30.7 Å². The van der Waals surface area contributed by atoms with E-state index in [0.29, 0.717) is 10.7 Å². The van der Waals surface area contributed by atoms with Crippen LogP contribution in [0.5, 0.6) is 0 Å². The van der Waals surface area contributed by atoms with Crippen molar-refractivity contribution in [2.45, 2.75) is 6.04 Å². The van der Waals surface area contributed by atoms with Crippen molar-refractivity contribution in [2.24, 2.45) is 0 Å². The third-order valence-electron chi connectivity index (χ3n) is 5.66. The summed E-state index contributed by atoms with van der Waals surface area (Å²) in [6.45, 7) is 0. The Morgan fingerprint density at radius 2 is 1.65 bits per heavy atom. The van der Waals surface area contributed by atoms with E-state index in [9.17, 15) is 24.8 Å². The summed E-state index contributed by atoms with van der Waals surface area (Å²) in [5, 5.41) is 25.2. The first-order valence-corrected chi connectivity index (χ1v) is 10.8. The Labute approximate surface area is 200 Å². The number of hydrogen-bond acceptors (Lipinski definition) is 5. The number of nitrogens with one attached hydrogen (secondary N) is 1. The van der Waals surface area contributed by atoms with Crippen LogP contribution >= 0.6 is 11.6 Å². The van der Waals surface area contributed by atoms with E-state index in [-0.39, 0.29) is 22.4 Å². The SMILES string of the molecule is C[NH+](C)c1ccc(N2C(=O)C(=O)/C(=C(/[O-])c3ccc(Cl)cc3)C2c2cccc([N+](=O)[O-])c2)cc1. The fourth-order valence-corrected chi connectivity index (χ4v) is 4.05. The monoisotopic (exact) mass is 477 g/mol. The van der Waals surface area contributed by atoms with Gasteiger partial charge in [0.05, 0.1) is 25.1 Å². The number of carbonyl (C=O) groups is 2. The minimum atomic E-state index is -1.12. The van der Waals surface area contributed by atoms with E-state index in [1.165, 1.54) is 47.4 Å². The number of nitro groups is 1. The maximum atomic E-state index is 13.4. The van der Waals surface area contributed by atoms with Crippen LogP contribution in [0.15, 0.2) is 78.4 Å². The van der Waals surface area contributed by atoms with E-state index >= 15 is 0 Å². The normalized spacial score (nSPS) is 17.4. The van der Waals surface area contributed by atoms with E-state index in [0.717, 1.165) is 10.6 Å². The molecule has 3 aromatic carbocycles. The predicted octanol–water partition coefficient (Wildman–Crippen LogP) is 2.45. The number of amides is 1. The number of Topliss-reactive ketones (excluding diaryl/α,β-unsaturated/α-hetero) is 1. The van der Waals surface area contributed by atoms with Crippen LogP contribution in [0.4, 0.5) is 17.1 Å². The fraction of sp³-hybridized carbons (Fsp3) is 0.120. The lowest BCUT2D eigenvalue weighted by Gasteiger charge is -2.27. The highest BCUT2D eigenvalue weighted by Gasteiger charge is 2.45. The Bertz CT molecular complexity index is 1320. The molecule has 0 spiro atoms. The summed E-state index contributed by atoms with van der Waals surface area (Å²) in [7, 11) is 3.89. The quantitative estimate of drug-likeness (QED) is 0.200. The molecule has 3 aromatic rings. The van der Waals surface area contributed by atoms with Gasteiger partial charge in [0, 0.05) is 40.5 Å². The first-order chi connectivity index (χ1) is 16.2. The number of carbonyl (C=O) groups excluding carboxylic acids is 2. The van der Waals surface area contributed by atoms with Crippen molar-refractivity contribution in [3.05, 3.63) is 105 Å². The minimum absolute atomic E-state index is 0.185. The molecule has 34 heavy (non-hydrogen) atoms. The van der Waals surface area contributed by atoms with Crippen LogP contribution in [0.2, 0.25) is 5.02 Å². The molecule has 1 amide bonds. The summed E-state index contributed by atoms with van der Waals surface area (Å²) in [6.07, 6.45) is 0. The van der Waals surface area contributed by atoms with Gasteiger partial charge in [0.1, 0.15) is 5.69 Å². The summed E-state index contributed by atoms with van der Waals surface area (Å²) in [4.78, 5) is 39.4. The highest BCUT2D eigenvalue weighted by atomic mass is 35.5. The minimum Gasteiger partial charge on any atom is -0.872 e. The molecule has 1 fully saturated rings. The van der Waals surface area contributed by atoms with Gasteiger partial charge in [0.2, 0.25) is 5.78 Å². The van der Waals surface area contributed by atoms with Crippen molar-refractivity contribution in [2.75, 3.05) is 19.0 Å². The lowest BCUT2D eigenvalue weighted by molar-refractivity contribution is -0.786. The molecule has 9 heteroatoms. The number of ketones is 1. The average Bonchev–Trinajstić information content (AvgIpc) is 3.09. The molecule has 1 aliphatic heterocycles. The van der Waals surface area contributed by atoms with Gasteiger partial charge in [-0.1, -0.05) is 41.6 Å². The molecule has 0 bridgehead atoms. The van der Waals surface area contributed by atoms with Crippen molar-refractivity contribution < 1.29 is 24.5 Å². The zero-order valence-electron chi connectivity index (χ0n) is 18.3. The van der Waals surface area contributed by atoms with Crippen LogP contribution in [0, 0.1) is 10.1 Å². The third-order valence-corrected chi connectivity index (χ3v) is 5.91. The molecule has 0 radical (unpaired) electrons. The number of nitrogens with zero attached hydrogens (tertiary/aromatic N) is 2. The second kappa shape index (κ2) is 9.09. The molecule has 1 saturated heterocycles. The van der Waals surface area contributed by atoms with E-state index in [1.54, 1.807) is 18.2 Å². The molecule has 0 aliphatic carbocycles. The van der Waals surface area contributed by atoms with Crippen molar-refractivity contribution in [3.63, 3.8) is 0 Å². The van der Waals surface area contributed by atoms with Crippen LogP contribution in [0.25, 0.3) is 5.76 Å². The summed E-state index contributed by atoms with van der Waals surface area (Å²) < 4.78 is 0. The van der Waals surface area contributed by atoms with Gasteiger partial charge in [-0.25, -0.2) is 0 Å². The molecular formula is C25H20ClN3O5. The summed E-state index contributed by atoms with van der Waals surface area (Å²) in [5.74, 6) is -2.46. The van der Waals surface area contributed by atoms with Crippen molar-refractivity contribution in [3.8, 4) is 0 Å². The van der Waals surface area contributed by atoms with E-state index in [1.807, 2.05) is 26.2 Å². The van der Waals surface area contributed by atoms with Crippen molar-refractivity contribution in [1.29, 1.82) is 0 Å². The molecule has 1 N–H and O–H groups in total. The second-order valence-corrected chi connectivity index (χ2v) is 8.49. The highest BCUT2D eigenvalue weighted by molar-refractivity contribution is 6.51. The standard InChI is InChI=1S/C25H20ClN3O5/c1-27(2)18-10-12-19(13-11-18)28-22(16-4-3-5-20(14-16)29(33)34)21(24(31)25(28)32)23(30)15-6-8-17(26)9-7-15/h3-14,22,30H,1-2H3/b23-21+. The molecule has 1 aliphatic rings. The molecule has 1 atom stereocenters. The number of quaternary nitrogens is 1. The van der Waals surface area contributed by atoms with Crippen LogP contribution in [-0.2, 0) is 9.59 Å². The van der Waals surface area contributed by atoms with Crippen LogP contribution in [0.1, 0.15) is 17.2 Å². The average molecular weight is 478 g/mol. The first-order valence-electron chi connectivity index (χ1n) is 10.4. The number of benzene rings is 3. The topological polar surface area (TPSA) is 108 Å². The maximum absolute atomic E-state index is 13.4. The second-order valence-electron chi connectivity index (χ2n) is 8.06. The van der Waals surface area contributed by atoms with Gasteiger partial charge in [-0.2, -0.15) is 0 Å². The fourth-order valence-electron chi connectivity index (χ4n) is 3.93. The van der Waals surface area contributed by atoms with Crippen LogP contribution < -0.4 is 14.9 Å². The first kappa shape index (κ1) is 23.2. The molecule has 4 rings (SSSR count). The number of halogens is 1. The van der Waals surface area contributed by atoms with E-state index in [4.69, 9.17) is 11.6 Å². The van der Waals surface area contributed by atoms with E-state index < -0.39 is 28.4 Å². The summed E-state index contributed by atoms with van der Waals surface area (Å²) in [5.41, 5.74) is 1.34. The highest BCUT2D eigenvalue weighted by Crippen LogP contribution is 2.42. The Hall–Kier alpha value is -4.01. The van der Waals surface area contributed by atoms with Crippen LogP contribution in [0.3, 0.4) is 0 Å². The number of rotatable bonds is 5. The van der Waals surface area contributed by atoms with Gasteiger partial charge in [-0.15, -0.1) is 0 Å². The summed E-state index contributed by atoms with van der Waals surface area (Å²) in [6, 6.07) is 17.4. The van der Waals surface area contributed by atoms with Crippen molar-refractivity contribution in [1.82, 2.24) is 0 Å².